The number of rotatable bonds is 0. The second-order valence-electron chi connectivity index (χ2n) is 1.54. The molecule has 5 heteroatoms. The van der Waals surface area contributed by atoms with Crippen molar-refractivity contribution >= 4 is 29.6 Å². The lowest BCUT2D eigenvalue weighted by molar-refractivity contribution is 0.237. The Bertz CT molecular complexity index is 188. The van der Waals surface area contributed by atoms with Crippen LogP contribution in [0.1, 0.15) is 0 Å². The number of thiocarbonyl (C=S) groups is 1. The van der Waals surface area contributed by atoms with E-state index in [2.05, 4.69) is 17.2 Å². The summed E-state index contributed by atoms with van der Waals surface area (Å²) in [4.78, 5) is 15.2. The number of amides is 2. The molecule has 1 heterocycles. The third-order valence-corrected chi connectivity index (χ3v) is 1.18. The summed E-state index contributed by atoms with van der Waals surface area (Å²) in [5, 5.41) is 0.0810. The van der Waals surface area contributed by atoms with Crippen LogP contribution in [0.3, 0.4) is 0 Å². The van der Waals surface area contributed by atoms with E-state index in [1.165, 1.54) is 11.1 Å². The maximum atomic E-state index is 10.6. The molecule has 0 spiro atoms. The first-order valence-corrected chi connectivity index (χ1v) is 2.76. The van der Waals surface area contributed by atoms with E-state index in [0.29, 0.717) is 6.54 Å². The minimum absolute atomic E-state index is 0.0810. The maximum Gasteiger partial charge on any atom is 0.349 e. The molecule has 0 aliphatic carbocycles. The summed E-state index contributed by atoms with van der Waals surface area (Å²) < 4.78 is 0. The van der Waals surface area contributed by atoms with Gasteiger partial charge in [0, 0.05) is 6.21 Å². The van der Waals surface area contributed by atoms with Gasteiger partial charge in [-0.3, -0.25) is 4.90 Å². The van der Waals surface area contributed by atoms with Crippen molar-refractivity contribution in [1.82, 2.24) is 4.90 Å². The summed E-state index contributed by atoms with van der Waals surface area (Å²) in [5.41, 5.74) is 5.14. The first-order chi connectivity index (χ1) is 4.22. The fraction of sp³-hybridized carbons (Fsp3) is 0.250. The minimum atomic E-state index is -0.373. The first kappa shape index (κ1) is 6.15. The van der Waals surface area contributed by atoms with E-state index in [1.54, 1.807) is 0 Å². The van der Waals surface area contributed by atoms with E-state index in [4.69, 9.17) is 5.73 Å². The number of carbonyl (C=O) groups excluding carboxylic acids is 1. The van der Waals surface area contributed by atoms with Crippen LogP contribution in [0.4, 0.5) is 4.79 Å². The highest BCUT2D eigenvalue weighted by atomic mass is 32.1. The zero-order valence-corrected chi connectivity index (χ0v) is 5.39. The molecule has 4 nitrogen and oxygen atoms in total. The number of hydrogen-bond acceptors (Lipinski definition) is 2. The third kappa shape index (κ3) is 1.05. The van der Waals surface area contributed by atoms with Crippen LogP contribution in [0.15, 0.2) is 4.99 Å². The molecule has 0 atom stereocenters. The molecule has 0 unspecified atom stereocenters. The Kier molecular flexibility index (Phi) is 1.44. The van der Waals surface area contributed by atoms with E-state index < -0.39 is 0 Å². The number of hydrogen-bond donors (Lipinski definition) is 1. The van der Waals surface area contributed by atoms with Gasteiger partial charge in [-0.05, 0) is 12.2 Å². The van der Waals surface area contributed by atoms with Crippen molar-refractivity contribution in [2.45, 2.75) is 0 Å². The molecule has 0 aromatic rings. The number of nitrogens with zero attached hydrogens (tertiary/aromatic N) is 2. The quantitative estimate of drug-likeness (QED) is 0.475. The average Bonchev–Trinajstić information content (AvgIpc) is 2.13. The molecule has 48 valence electrons. The van der Waals surface area contributed by atoms with Crippen LogP contribution in [0.5, 0.6) is 0 Å². The molecule has 1 aliphatic heterocycles. The minimum Gasteiger partial charge on any atom is -0.376 e. The summed E-state index contributed by atoms with van der Waals surface area (Å²) in [7, 11) is 0. The molecule has 2 amide bonds. The molecule has 0 radical (unpaired) electrons. The lowest BCUT2D eigenvalue weighted by Gasteiger charge is -2.08. The molecule has 9 heavy (non-hydrogen) atoms. The average molecular weight is 143 g/mol. The fourth-order valence-corrected chi connectivity index (χ4v) is 0.685. The van der Waals surface area contributed by atoms with E-state index in [-0.39, 0.29) is 11.1 Å². The highest BCUT2D eigenvalue weighted by molar-refractivity contribution is 7.80. The van der Waals surface area contributed by atoms with Gasteiger partial charge in [0.05, 0.1) is 6.54 Å². The molecule has 0 aromatic carbocycles. The largest absolute Gasteiger partial charge is 0.376 e. The number of aliphatic imine (C=N–C) groups is 1. The molecule has 0 fully saturated rings. The Morgan fingerprint density at radius 1 is 2.00 bits per heavy atom. The topological polar surface area (TPSA) is 58.7 Å². The summed E-state index contributed by atoms with van der Waals surface area (Å²) in [6, 6.07) is -0.373. The highest BCUT2D eigenvalue weighted by Gasteiger charge is 2.17. The second kappa shape index (κ2) is 2.10. The second-order valence-corrected chi connectivity index (χ2v) is 1.96. The Hall–Kier alpha value is -0.970. The van der Waals surface area contributed by atoms with Crippen LogP contribution in [0.25, 0.3) is 0 Å². The molecule has 1 aliphatic rings. The monoisotopic (exact) mass is 143 g/mol. The Balaban J connectivity index is 2.66. The maximum absolute atomic E-state index is 10.6. The van der Waals surface area contributed by atoms with E-state index in [0.717, 1.165) is 0 Å². The first-order valence-electron chi connectivity index (χ1n) is 2.35. The van der Waals surface area contributed by atoms with Gasteiger partial charge in [-0.1, -0.05) is 0 Å². The van der Waals surface area contributed by atoms with Gasteiger partial charge in [0.2, 0.25) is 0 Å². The molecule has 1 rings (SSSR count). The van der Waals surface area contributed by atoms with Crippen molar-refractivity contribution in [2.75, 3.05) is 6.54 Å². The molecule has 0 saturated heterocycles. The van der Waals surface area contributed by atoms with E-state index >= 15 is 0 Å². The van der Waals surface area contributed by atoms with Gasteiger partial charge in [-0.2, -0.15) is 0 Å². The normalized spacial score (nSPS) is 16.9. The van der Waals surface area contributed by atoms with Crippen molar-refractivity contribution in [3.05, 3.63) is 0 Å². The van der Waals surface area contributed by atoms with Crippen molar-refractivity contribution in [3.8, 4) is 0 Å². The van der Waals surface area contributed by atoms with Crippen LogP contribution in [-0.2, 0) is 0 Å². The fourth-order valence-electron chi connectivity index (χ4n) is 0.533. The molecule has 2 N–H and O–H groups in total. The standard InChI is InChI=1S/C4H5N3OS/c5-3(9)7-2-1-6-4(7)8/h1H,2H2,(H2,5,9). The van der Waals surface area contributed by atoms with Gasteiger partial charge < -0.3 is 5.73 Å². The molecule has 0 saturated carbocycles. The molecule has 0 bridgehead atoms. The molecule has 0 aromatic heterocycles. The number of urea groups is 1. The van der Waals surface area contributed by atoms with Gasteiger partial charge in [0.15, 0.2) is 5.11 Å². The van der Waals surface area contributed by atoms with Crippen LogP contribution in [-0.4, -0.2) is 28.8 Å². The zero-order chi connectivity index (χ0) is 6.85. The summed E-state index contributed by atoms with van der Waals surface area (Å²) in [6.07, 6.45) is 1.47. The summed E-state index contributed by atoms with van der Waals surface area (Å²) in [5.74, 6) is 0. The zero-order valence-electron chi connectivity index (χ0n) is 4.57. The Morgan fingerprint density at radius 2 is 2.67 bits per heavy atom. The van der Waals surface area contributed by atoms with Gasteiger partial charge in [-0.25, -0.2) is 9.79 Å². The van der Waals surface area contributed by atoms with Crippen molar-refractivity contribution in [3.63, 3.8) is 0 Å². The number of nitrogens with two attached hydrogens (primary N) is 1. The SMILES string of the molecule is NC(=S)N1CC=NC1=O. The van der Waals surface area contributed by atoms with Crippen molar-refractivity contribution in [2.24, 2.45) is 10.7 Å². The van der Waals surface area contributed by atoms with Crippen LogP contribution >= 0.6 is 12.2 Å². The number of carbonyl (C=O) groups is 1. The van der Waals surface area contributed by atoms with Gasteiger partial charge in [0.25, 0.3) is 0 Å². The van der Waals surface area contributed by atoms with Crippen LogP contribution in [0, 0.1) is 0 Å². The lowest BCUT2D eigenvalue weighted by atomic mass is 10.7. The lowest BCUT2D eigenvalue weighted by Crippen LogP contribution is -2.36. The Morgan fingerprint density at radius 3 is 2.89 bits per heavy atom. The van der Waals surface area contributed by atoms with Crippen molar-refractivity contribution in [1.29, 1.82) is 0 Å². The predicted octanol–water partition coefficient (Wildman–Crippen LogP) is -0.264. The molecular weight excluding hydrogens is 138 g/mol. The van der Waals surface area contributed by atoms with Gasteiger partial charge >= 0.3 is 6.03 Å². The van der Waals surface area contributed by atoms with E-state index in [1.807, 2.05) is 0 Å². The van der Waals surface area contributed by atoms with Gasteiger partial charge in [-0.15, -0.1) is 0 Å². The van der Waals surface area contributed by atoms with E-state index in [9.17, 15) is 4.79 Å². The van der Waals surface area contributed by atoms with Crippen molar-refractivity contribution < 1.29 is 4.79 Å². The summed E-state index contributed by atoms with van der Waals surface area (Å²) >= 11 is 4.54. The van der Waals surface area contributed by atoms with Crippen LogP contribution < -0.4 is 5.73 Å². The van der Waals surface area contributed by atoms with Crippen LogP contribution in [0.2, 0.25) is 0 Å². The summed E-state index contributed by atoms with van der Waals surface area (Å²) in [6.45, 7) is 0.411. The highest BCUT2D eigenvalue weighted by Crippen LogP contribution is 1.97. The predicted molar refractivity (Wildman–Crippen MR) is 37.4 cm³/mol. The third-order valence-electron chi connectivity index (χ3n) is 0.963. The molecular formula is C4H5N3OS. The smallest absolute Gasteiger partial charge is 0.349 e. The Labute approximate surface area is 57.3 Å². The van der Waals surface area contributed by atoms with Gasteiger partial charge in [0.1, 0.15) is 0 Å².